The summed E-state index contributed by atoms with van der Waals surface area (Å²) in [5, 5.41) is -0.345. The van der Waals surface area contributed by atoms with Crippen LogP contribution in [-0.2, 0) is 13.2 Å². The molecule has 2 heterocycles. The van der Waals surface area contributed by atoms with Gasteiger partial charge in [-0.2, -0.15) is 13.2 Å². The highest BCUT2D eigenvalue weighted by Gasteiger charge is 2.35. The smallest absolute Gasteiger partial charge is 0.335 e. The first-order valence-corrected chi connectivity index (χ1v) is 4.32. The van der Waals surface area contributed by atoms with Crippen molar-refractivity contribution in [3.63, 3.8) is 0 Å². The van der Waals surface area contributed by atoms with Gasteiger partial charge >= 0.3 is 6.18 Å². The van der Waals surface area contributed by atoms with Crippen LogP contribution in [-0.4, -0.2) is 14.5 Å². The van der Waals surface area contributed by atoms with Crippen molar-refractivity contribution in [1.82, 2.24) is 14.5 Å². The molecule has 0 aromatic carbocycles. The van der Waals surface area contributed by atoms with E-state index in [1.54, 1.807) is 0 Å². The molecule has 2 aromatic rings. The van der Waals surface area contributed by atoms with Gasteiger partial charge in [0.05, 0.1) is 10.9 Å². The molecule has 0 fully saturated rings. The molecule has 2 rings (SSSR count). The molecule has 0 radical (unpaired) electrons. The van der Waals surface area contributed by atoms with Crippen LogP contribution in [0.2, 0.25) is 5.15 Å². The lowest BCUT2D eigenvalue weighted by Crippen LogP contribution is -2.04. The molecule has 0 saturated carbocycles. The Morgan fingerprint density at radius 3 is 2.60 bits per heavy atom. The van der Waals surface area contributed by atoms with E-state index in [0.717, 1.165) is 12.5 Å². The predicted molar refractivity (Wildman–Crippen MR) is 48.5 cm³/mol. The Hall–Kier alpha value is -1.30. The third-order valence-electron chi connectivity index (χ3n) is 2.01. The lowest BCUT2D eigenvalue weighted by Gasteiger charge is -2.03. The number of rotatable bonds is 0. The molecule has 7 heteroatoms. The van der Waals surface area contributed by atoms with E-state index in [1.165, 1.54) is 11.6 Å². The monoisotopic (exact) mass is 235 g/mol. The van der Waals surface area contributed by atoms with Gasteiger partial charge in [0, 0.05) is 13.2 Å². The van der Waals surface area contributed by atoms with Gasteiger partial charge in [-0.05, 0) is 0 Å². The molecule has 0 N–H and O–H groups in total. The standard InChI is InChI=1S/C8H5ClF3N3/c1-15-2-4(8(10,11)12)5-6(9)13-3-14-7(5)15/h2-3H,1H3. The van der Waals surface area contributed by atoms with Gasteiger partial charge in [-0.3, -0.25) is 0 Å². The summed E-state index contributed by atoms with van der Waals surface area (Å²) in [7, 11) is 1.47. The van der Waals surface area contributed by atoms with Crippen molar-refractivity contribution >= 4 is 22.6 Å². The van der Waals surface area contributed by atoms with Gasteiger partial charge in [-0.15, -0.1) is 0 Å². The molecule has 0 aliphatic carbocycles. The fourth-order valence-corrected chi connectivity index (χ4v) is 1.62. The second-order valence-electron chi connectivity index (χ2n) is 3.01. The minimum Gasteiger partial charge on any atom is -0.335 e. The largest absolute Gasteiger partial charge is 0.418 e. The van der Waals surface area contributed by atoms with Crippen molar-refractivity contribution in [2.75, 3.05) is 0 Å². The van der Waals surface area contributed by atoms with E-state index in [-0.39, 0.29) is 16.2 Å². The Kier molecular flexibility index (Phi) is 2.11. The van der Waals surface area contributed by atoms with E-state index in [1.807, 2.05) is 0 Å². The average molecular weight is 236 g/mol. The maximum atomic E-state index is 12.6. The van der Waals surface area contributed by atoms with Gasteiger partial charge < -0.3 is 4.57 Å². The van der Waals surface area contributed by atoms with Crippen molar-refractivity contribution in [2.24, 2.45) is 7.05 Å². The number of aromatic nitrogens is 3. The van der Waals surface area contributed by atoms with E-state index in [0.29, 0.717) is 0 Å². The highest BCUT2D eigenvalue weighted by molar-refractivity contribution is 6.34. The zero-order valence-corrected chi connectivity index (χ0v) is 8.26. The van der Waals surface area contributed by atoms with Crippen LogP contribution < -0.4 is 0 Å². The van der Waals surface area contributed by atoms with Crippen LogP contribution in [0, 0.1) is 0 Å². The fraction of sp³-hybridized carbons (Fsp3) is 0.250. The van der Waals surface area contributed by atoms with Crippen molar-refractivity contribution in [1.29, 1.82) is 0 Å². The zero-order valence-electron chi connectivity index (χ0n) is 7.51. The predicted octanol–water partition coefficient (Wildman–Crippen LogP) is 2.64. The Morgan fingerprint density at radius 2 is 2.00 bits per heavy atom. The second-order valence-corrected chi connectivity index (χ2v) is 3.37. The molecule has 3 nitrogen and oxygen atoms in total. The van der Waals surface area contributed by atoms with Crippen LogP contribution in [0.25, 0.3) is 11.0 Å². The van der Waals surface area contributed by atoms with Gasteiger partial charge in [-0.25, -0.2) is 9.97 Å². The van der Waals surface area contributed by atoms with Crippen LogP contribution in [0.1, 0.15) is 5.56 Å². The third-order valence-corrected chi connectivity index (χ3v) is 2.30. The SMILES string of the molecule is Cn1cc(C(F)(F)F)c2c(Cl)ncnc21. The number of alkyl halides is 3. The molecule has 0 aliphatic rings. The van der Waals surface area contributed by atoms with Crippen LogP contribution in [0.15, 0.2) is 12.5 Å². The maximum Gasteiger partial charge on any atom is 0.418 e. The Labute approximate surface area is 87.5 Å². The van der Waals surface area contributed by atoms with Gasteiger partial charge in [0.15, 0.2) is 0 Å². The topological polar surface area (TPSA) is 30.7 Å². The Morgan fingerprint density at radius 1 is 1.33 bits per heavy atom. The van der Waals surface area contributed by atoms with Crippen LogP contribution in [0.5, 0.6) is 0 Å². The molecule has 0 amide bonds. The van der Waals surface area contributed by atoms with Gasteiger partial charge in [0.25, 0.3) is 0 Å². The number of hydrogen-bond donors (Lipinski definition) is 0. The normalized spacial score (nSPS) is 12.3. The van der Waals surface area contributed by atoms with Crippen LogP contribution >= 0.6 is 11.6 Å². The minimum atomic E-state index is -4.45. The second kappa shape index (κ2) is 3.10. The first-order valence-electron chi connectivity index (χ1n) is 3.94. The lowest BCUT2D eigenvalue weighted by molar-refractivity contribution is -0.136. The van der Waals surface area contributed by atoms with Gasteiger partial charge in [0.2, 0.25) is 0 Å². The van der Waals surface area contributed by atoms with Crippen molar-refractivity contribution in [3.05, 3.63) is 23.2 Å². The van der Waals surface area contributed by atoms with Crippen LogP contribution in [0.3, 0.4) is 0 Å². The molecule has 0 saturated heterocycles. The number of fused-ring (bicyclic) bond motifs is 1. The van der Waals surface area contributed by atoms with Crippen LogP contribution in [0.4, 0.5) is 13.2 Å². The van der Waals surface area contributed by atoms with E-state index < -0.39 is 11.7 Å². The Bertz CT molecular complexity index is 518. The number of halogens is 4. The summed E-state index contributed by atoms with van der Waals surface area (Å²) in [5.74, 6) is 0. The summed E-state index contributed by atoms with van der Waals surface area (Å²) < 4.78 is 39.0. The fourth-order valence-electron chi connectivity index (χ4n) is 1.39. The number of nitrogens with zero attached hydrogens (tertiary/aromatic N) is 3. The first kappa shape index (κ1) is 10.2. The highest BCUT2D eigenvalue weighted by atomic mass is 35.5. The molecule has 0 spiro atoms. The van der Waals surface area contributed by atoms with E-state index >= 15 is 0 Å². The molecule has 80 valence electrons. The highest BCUT2D eigenvalue weighted by Crippen LogP contribution is 2.37. The number of hydrogen-bond acceptors (Lipinski definition) is 2. The summed E-state index contributed by atoms with van der Waals surface area (Å²) in [5.41, 5.74) is -0.645. The summed E-state index contributed by atoms with van der Waals surface area (Å²) in [4.78, 5) is 7.28. The van der Waals surface area contributed by atoms with Crippen molar-refractivity contribution < 1.29 is 13.2 Å². The molecule has 0 atom stereocenters. The van der Waals surface area contributed by atoms with E-state index in [4.69, 9.17) is 11.6 Å². The Balaban J connectivity index is 2.88. The van der Waals surface area contributed by atoms with Crippen molar-refractivity contribution in [3.8, 4) is 0 Å². The summed E-state index contributed by atoms with van der Waals surface area (Å²) in [6, 6.07) is 0. The lowest BCUT2D eigenvalue weighted by atomic mass is 10.2. The molecule has 2 aromatic heterocycles. The maximum absolute atomic E-state index is 12.6. The van der Waals surface area contributed by atoms with E-state index in [9.17, 15) is 13.2 Å². The molecule has 0 bridgehead atoms. The summed E-state index contributed by atoms with van der Waals surface area (Å²) >= 11 is 5.62. The molecule has 0 unspecified atom stereocenters. The third kappa shape index (κ3) is 1.54. The molecular weight excluding hydrogens is 231 g/mol. The zero-order chi connectivity index (χ0) is 11.2. The minimum absolute atomic E-state index is 0.158. The quantitative estimate of drug-likeness (QED) is 0.657. The van der Waals surface area contributed by atoms with Crippen molar-refractivity contribution in [2.45, 2.75) is 6.18 Å². The summed E-state index contributed by atoms with van der Waals surface area (Å²) in [6.45, 7) is 0. The number of aryl methyl sites for hydroxylation is 1. The van der Waals surface area contributed by atoms with E-state index in [2.05, 4.69) is 9.97 Å². The van der Waals surface area contributed by atoms with Gasteiger partial charge in [0.1, 0.15) is 17.1 Å². The van der Waals surface area contributed by atoms with Gasteiger partial charge in [-0.1, -0.05) is 11.6 Å². The first-order chi connectivity index (χ1) is 6.91. The molecule has 0 aliphatic heterocycles. The molecular formula is C8H5ClF3N3. The average Bonchev–Trinajstić information content (AvgIpc) is 2.45. The summed E-state index contributed by atoms with van der Waals surface area (Å²) in [6.07, 6.45) is -2.37. The molecule has 15 heavy (non-hydrogen) atoms.